The fourth-order valence-corrected chi connectivity index (χ4v) is 2.67. The molecule has 0 spiro atoms. The molecule has 0 aliphatic rings. The molecule has 1 N–H and O–H groups in total. The zero-order chi connectivity index (χ0) is 16.8. The van der Waals surface area contributed by atoms with Crippen molar-refractivity contribution in [3.63, 3.8) is 0 Å². The van der Waals surface area contributed by atoms with Crippen LogP contribution < -0.4 is 10.1 Å². The molecule has 23 heavy (non-hydrogen) atoms. The molecule has 0 saturated carbocycles. The molecule has 0 amide bonds. The van der Waals surface area contributed by atoms with Gasteiger partial charge in [-0.1, -0.05) is 29.8 Å². The molecular weight excluding hydrogens is 310 g/mol. The molecule has 0 aromatic heterocycles. The number of ether oxygens (including phenoxy) is 1. The number of rotatable bonds is 6. The quantitative estimate of drug-likeness (QED) is 0.872. The lowest BCUT2D eigenvalue weighted by Crippen LogP contribution is -2.27. The summed E-state index contributed by atoms with van der Waals surface area (Å²) in [5, 5.41) is 12.8. The van der Waals surface area contributed by atoms with Crippen molar-refractivity contribution < 1.29 is 4.74 Å². The van der Waals surface area contributed by atoms with Gasteiger partial charge in [-0.05, 0) is 38.4 Å². The van der Waals surface area contributed by atoms with E-state index in [-0.39, 0.29) is 6.04 Å². The summed E-state index contributed by atoms with van der Waals surface area (Å²) in [7, 11) is 5.74. The molecular formula is C18H20ClN3O. The molecule has 0 bridgehead atoms. The van der Waals surface area contributed by atoms with Gasteiger partial charge < -0.3 is 15.0 Å². The largest absolute Gasteiger partial charge is 0.496 e. The normalized spacial score (nSPS) is 11.8. The fourth-order valence-electron chi connectivity index (χ4n) is 2.44. The number of nitrogens with one attached hydrogen (secondary N) is 1. The van der Waals surface area contributed by atoms with Crippen molar-refractivity contribution in [2.75, 3.05) is 33.1 Å². The number of hydrogen-bond donors (Lipinski definition) is 1. The second-order valence-corrected chi connectivity index (χ2v) is 5.82. The molecule has 1 unspecified atom stereocenters. The lowest BCUT2D eigenvalue weighted by atomic mass is 10.0. The lowest BCUT2D eigenvalue weighted by molar-refractivity contribution is 0.300. The molecule has 0 heterocycles. The average Bonchev–Trinajstić information content (AvgIpc) is 2.55. The molecule has 2 aromatic carbocycles. The predicted octanol–water partition coefficient (Wildman–Crippen LogP) is 3.94. The van der Waals surface area contributed by atoms with Crippen LogP contribution in [0.3, 0.4) is 0 Å². The molecule has 2 rings (SSSR count). The van der Waals surface area contributed by atoms with Crippen molar-refractivity contribution in [2.45, 2.75) is 6.04 Å². The summed E-state index contributed by atoms with van der Waals surface area (Å²) in [4.78, 5) is 2.14. The van der Waals surface area contributed by atoms with Crippen molar-refractivity contribution in [3.05, 3.63) is 58.6 Å². The van der Waals surface area contributed by atoms with Crippen LogP contribution in [-0.2, 0) is 0 Å². The molecule has 120 valence electrons. The monoisotopic (exact) mass is 329 g/mol. The number of anilines is 1. The number of nitriles is 1. The van der Waals surface area contributed by atoms with Crippen molar-refractivity contribution in [2.24, 2.45) is 0 Å². The Bertz CT molecular complexity index is 710. The average molecular weight is 330 g/mol. The number of hydrogen-bond acceptors (Lipinski definition) is 4. The van der Waals surface area contributed by atoms with Crippen LogP contribution in [0.25, 0.3) is 0 Å². The van der Waals surface area contributed by atoms with Gasteiger partial charge in [-0.2, -0.15) is 5.26 Å². The fraction of sp³-hybridized carbons (Fsp3) is 0.278. The van der Waals surface area contributed by atoms with Gasteiger partial charge in [0.25, 0.3) is 0 Å². The highest BCUT2D eigenvalue weighted by Crippen LogP contribution is 2.28. The van der Waals surface area contributed by atoms with Crippen LogP contribution in [0.5, 0.6) is 5.75 Å². The van der Waals surface area contributed by atoms with E-state index in [2.05, 4.69) is 22.4 Å². The maximum absolute atomic E-state index is 8.93. The Morgan fingerprint density at radius 1 is 1.26 bits per heavy atom. The number of methoxy groups -OCH3 is 1. The first kappa shape index (κ1) is 17.1. The molecule has 0 aliphatic carbocycles. The predicted molar refractivity (Wildman–Crippen MR) is 94.1 cm³/mol. The van der Waals surface area contributed by atoms with E-state index < -0.39 is 0 Å². The molecule has 5 heteroatoms. The number of likely N-dealkylation sites (N-methyl/N-ethyl adjacent to an activating group) is 1. The minimum Gasteiger partial charge on any atom is -0.496 e. The van der Waals surface area contributed by atoms with E-state index in [4.69, 9.17) is 21.6 Å². The van der Waals surface area contributed by atoms with Crippen LogP contribution in [0.15, 0.2) is 42.5 Å². The highest BCUT2D eigenvalue weighted by molar-refractivity contribution is 6.32. The van der Waals surface area contributed by atoms with Crippen LogP contribution in [0.1, 0.15) is 17.2 Å². The number of halogens is 1. The van der Waals surface area contributed by atoms with Crippen molar-refractivity contribution in [1.29, 1.82) is 5.26 Å². The summed E-state index contributed by atoms with van der Waals surface area (Å²) >= 11 is 6.08. The van der Waals surface area contributed by atoms with Crippen LogP contribution in [0, 0.1) is 11.3 Å². The van der Waals surface area contributed by atoms with Crippen LogP contribution in [0.4, 0.5) is 5.69 Å². The van der Waals surface area contributed by atoms with Gasteiger partial charge >= 0.3 is 0 Å². The molecule has 2 aromatic rings. The Morgan fingerprint density at radius 3 is 2.61 bits per heavy atom. The van der Waals surface area contributed by atoms with Gasteiger partial charge in [0.15, 0.2) is 0 Å². The van der Waals surface area contributed by atoms with Gasteiger partial charge in [0.1, 0.15) is 11.8 Å². The third kappa shape index (κ3) is 4.16. The van der Waals surface area contributed by atoms with Gasteiger partial charge in [-0.25, -0.2) is 0 Å². The molecule has 0 saturated heterocycles. The van der Waals surface area contributed by atoms with E-state index in [1.807, 2.05) is 38.4 Å². The first-order valence-corrected chi connectivity index (χ1v) is 7.67. The van der Waals surface area contributed by atoms with E-state index in [1.54, 1.807) is 19.2 Å². The van der Waals surface area contributed by atoms with E-state index in [0.29, 0.717) is 17.1 Å². The van der Waals surface area contributed by atoms with Gasteiger partial charge in [-0.15, -0.1) is 0 Å². The van der Waals surface area contributed by atoms with Crippen molar-refractivity contribution in [3.8, 4) is 11.8 Å². The molecule has 4 nitrogen and oxygen atoms in total. The zero-order valence-electron chi connectivity index (χ0n) is 13.5. The topological polar surface area (TPSA) is 48.3 Å². The summed E-state index contributed by atoms with van der Waals surface area (Å²) in [5.41, 5.74) is 2.48. The van der Waals surface area contributed by atoms with E-state index >= 15 is 0 Å². The lowest BCUT2D eigenvalue weighted by Gasteiger charge is -2.27. The second-order valence-electron chi connectivity index (χ2n) is 5.41. The van der Waals surface area contributed by atoms with Gasteiger partial charge in [-0.3, -0.25) is 0 Å². The molecule has 0 radical (unpaired) electrons. The van der Waals surface area contributed by atoms with Crippen LogP contribution >= 0.6 is 11.6 Å². The van der Waals surface area contributed by atoms with E-state index in [0.717, 1.165) is 17.0 Å². The Labute approximate surface area is 142 Å². The number of para-hydroxylation sites is 1. The summed E-state index contributed by atoms with van der Waals surface area (Å²) in [5.74, 6) is 0.867. The van der Waals surface area contributed by atoms with E-state index in [9.17, 15) is 0 Å². The Kier molecular flexibility index (Phi) is 5.86. The van der Waals surface area contributed by atoms with Crippen LogP contribution in [-0.4, -0.2) is 32.6 Å². The maximum Gasteiger partial charge on any atom is 0.123 e. The summed E-state index contributed by atoms with van der Waals surface area (Å²) in [6.45, 7) is 0.690. The van der Waals surface area contributed by atoms with Crippen molar-refractivity contribution >= 4 is 17.3 Å². The minimum absolute atomic E-state index is 0.139. The minimum atomic E-state index is 0.139. The van der Waals surface area contributed by atoms with Crippen molar-refractivity contribution in [1.82, 2.24) is 4.90 Å². The third-order valence-electron chi connectivity index (χ3n) is 3.71. The smallest absolute Gasteiger partial charge is 0.123 e. The summed E-state index contributed by atoms with van der Waals surface area (Å²) in [6.07, 6.45) is 0. The SMILES string of the molecule is COc1ccccc1C(CNc1ccc(C#N)c(Cl)c1)N(C)C. The Hall–Kier alpha value is -2.22. The van der Waals surface area contributed by atoms with Gasteiger partial charge in [0, 0.05) is 17.8 Å². The van der Waals surface area contributed by atoms with E-state index in [1.165, 1.54) is 0 Å². The summed E-state index contributed by atoms with van der Waals surface area (Å²) < 4.78 is 5.47. The first-order valence-electron chi connectivity index (χ1n) is 7.29. The van der Waals surface area contributed by atoms with Crippen LogP contribution in [0.2, 0.25) is 5.02 Å². The molecule has 0 fully saturated rings. The third-order valence-corrected chi connectivity index (χ3v) is 4.02. The van der Waals surface area contributed by atoms with Gasteiger partial charge in [0.2, 0.25) is 0 Å². The first-order chi connectivity index (χ1) is 11.1. The second kappa shape index (κ2) is 7.87. The highest BCUT2D eigenvalue weighted by atomic mass is 35.5. The highest BCUT2D eigenvalue weighted by Gasteiger charge is 2.18. The Morgan fingerprint density at radius 2 is 2.00 bits per heavy atom. The number of nitrogens with zero attached hydrogens (tertiary/aromatic N) is 2. The Balaban J connectivity index is 2.18. The molecule has 1 atom stereocenters. The van der Waals surface area contributed by atoms with Gasteiger partial charge in [0.05, 0.1) is 23.7 Å². The molecule has 0 aliphatic heterocycles. The zero-order valence-corrected chi connectivity index (χ0v) is 14.3. The number of benzene rings is 2. The standard InChI is InChI=1S/C18H20ClN3O/c1-22(2)17(15-6-4-5-7-18(15)23-3)12-21-14-9-8-13(11-20)16(19)10-14/h4-10,17,21H,12H2,1-3H3. The summed E-state index contributed by atoms with van der Waals surface area (Å²) in [6, 6.07) is 15.6. The maximum atomic E-state index is 8.93.